The Morgan fingerprint density at radius 1 is 1.14 bits per heavy atom. The number of guanidine groups is 1. The fourth-order valence-electron chi connectivity index (χ4n) is 3.26. The molecule has 1 aliphatic heterocycles. The SMILES string of the molecule is CN=C(NCc1ccc(COC)cc1)NC1CCN(c2ccc(Br)cc2)C1.I. The number of hydrogen-bond acceptors (Lipinski definition) is 3. The molecule has 2 aromatic carbocycles. The van der Waals surface area contributed by atoms with E-state index in [4.69, 9.17) is 4.74 Å². The van der Waals surface area contributed by atoms with Crippen molar-refractivity contribution in [3.63, 3.8) is 0 Å². The largest absolute Gasteiger partial charge is 0.380 e. The number of aliphatic imine (C=N–C) groups is 1. The Hall–Kier alpha value is -1.32. The first-order valence-electron chi connectivity index (χ1n) is 9.22. The number of hydrogen-bond donors (Lipinski definition) is 2. The number of anilines is 1. The molecule has 7 heteroatoms. The Labute approximate surface area is 193 Å². The number of nitrogens with one attached hydrogen (secondary N) is 2. The van der Waals surface area contributed by atoms with E-state index in [0.717, 1.165) is 36.5 Å². The molecule has 0 aromatic heterocycles. The average molecular weight is 559 g/mol. The number of rotatable bonds is 6. The zero-order chi connectivity index (χ0) is 19.1. The van der Waals surface area contributed by atoms with E-state index in [9.17, 15) is 0 Å². The molecule has 1 heterocycles. The average Bonchev–Trinajstić information content (AvgIpc) is 3.15. The summed E-state index contributed by atoms with van der Waals surface area (Å²) in [6.07, 6.45) is 1.10. The van der Waals surface area contributed by atoms with Gasteiger partial charge in [-0.3, -0.25) is 4.99 Å². The minimum Gasteiger partial charge on any atom is -0.380 e. The van der Waals surface area contributed by atoms with Crippen LogP contribution in [0.5, 0.6) is 0 Å². The van der Waals surface area contributed by atoms with Gasteiger partial charge in [0.15, 0.2) is 5.96 Å². The number of methoxy groups -OCH3 is 1. The van der Waals surface area contributed by atoms with Crippen LogP contribution in [0.4, 0.5) is 5.69 Å². The number of benzene rings is 2. The number of halogens is 2. The van der Waals surface area contributed by atoms with Crippen molar-refractivity contribution in [2.24, 2.45) is 4.99 Å². The Bertz CT molecular complexity index is 752. The summed E-state index contributed by atoms with van der Waals surface area (Å²) in [5.74, 6) is 0.846. The summed E-state index contributed by atoms with van der Waals surface area (Å²) in [5.41, 5.74) is 3.67. The molecule has 1 atom stereocenters. The molecule has 5 nitrogen and oxygen atoms in total. The van der Waals surface area contributed by atoms with E-state index >= 15 is 0 Å². The summed E-state index contributed by atoms with van der Waals surface area (Å²) in [5, 5.41) is 6.96. The zero-order valence-corrected chi connectivity index (χ0v) is 20.2. The zero-order valence-electron chi connectivity index (χ0n) is 16.3. The molecule has 0 aliphatic carbocycles. The van der Waals surface area contributed by atoms with Gasteiger partial charge in [-0.2, -0.15) is 0 Å². The highest BCUT2D eigenvalue weighted by molar-refractivity contribution is 14.0. The van der Waals surface area contributed by atoms with Crippen molar-refractivity contribution in [1.29, 1.82) is 0 Å². The van der Waals surface area contributed by atoms with Gasteiger partial charge >= 0.3 is 0 Å². The summed E-state index contributed by atoms with van der Waals surface area (Å²) >= 11 is 3.49. The van der Waals surface area contributed by atoms with Crippen LogP contribution in [0.1, 0.15) is 17.5 Å². The minimum atomic E-state index is 0. The third-order valence-electron chi connectivity index (χ3n) is 4.74. The van der Waals surface area contributed by atoms with Gasteiger partial charge in [0.1, 0.15) is 0 Å². The smallest absolute Gasteiger partial charge is 0.191 e. The van der Waals surface area contributed by atoms with Crippen LogP contribution in [0, 0.1) is 0 Å². The maximum atomic E-state index is 5.15. The van der Waals surface area contributed by atoms with E-state index in [2.05, 4.69) is 85.0 Å². The maximum absolute atomic E-state index is 5.15. The van der Waals surface area contributed by atoms with Crippen LogP contribution in [0.3, 0.4) is 0 Å². The lowest BCUT2D eigenvalue weighted by atomic mass is 10.1. The molecular weight excluding hydrogens is 531 g/mol. The quantitative estimate of drug-likeness (QED) is 0.317. The van der Waals surface area contributed by atoms with Crippen molar-refractivity contribution in [3.05, 3.63) is 64.1 Å². The van der Waals surface area contributed by atoms with Crippen molar-refractivity contribution < 1.29 is 4.74 Å². The Morgan fingerprint density at radius 2 is 1.82 bits per heavy atom. The van der Waals surface area contributed by atoms with Crippen molar-refractivity contribution >= 4 is 51.6 Å². The molecule has 0 amide bonds. The molecular formula is C21H28BrIN4O. The molecule has 1 saturated heterocycles. The summed E-state index contributed by atoms with van der Waals surface area (Å²) in [4.78, 5) is 6.78. The molecule has 3 rings (SSSR count). The van der Waals surface area contributed by atoms with Gasteiger partial charge < -0.3 is 20.3 Å². The molecule has 0 saturated carbocycles. The maximum Gasteiger partial charge on any atom is 0.191 e. The molecule has 1 unspecified atom stereocenters. The van der Waals surface area contributed by atoms with Gasteiger partial charge in [-0.15, -0.1) is 24.0 Å². The first kappa shape index (κ1) is 23.0. The normalized spacial score (nSPS) is 16.6. The van der Waals surface area contributed by atoms with E-state index in [1.807, 2.05) is 7.05 Å². The van der Waals surface area contributed by atoms with Crippen molar-refractivity contribution in [2.75, 3.05) is 32.1 Å². The lowest BCUT2D eigenvalue weighted by Gasteiger charge is -2.20. The number of ether oxygens (including phenoxy) is 1. The van der Waals surface area contributed by atoms with Crippen LogP contribution in [0.25, 0.3) is 0 Å². The van der Waals surface area contributed by atoms with Crippen LogP contribution < -0.4 is 15.5 Å². The molecule has 1 aliphatic rings. The first-order chi connectivity index (χ1) is 13.2. The molecule has 1 fully saturated rings. The molecule has 0 bridgehead atoms. The molecule has 152 valence electrons. The van der Waals surface area contributed by atoms with Crippen LogP contribution in [-0.4, -0.2) is 39.2 Å². The van der Waals surface area contributed by atoms with Crippen LogP contribution in [-0.2, 0) is 17.9 Å². The van der Waals surface area contributed by atoms with Gasteiger partial charge in [-0.25, -0.2) is 0 Å². The lowest BCUT2D eigenvalue weighted by Crippen LogP contribution is -2.44. The highest BCUT2D eigenvalue weighted by Gasteiger charge is 2.23. The van der Waals surface area contributed by atoms with Crippen LogP contribution in [0.2, 0.25) is 0 Å². The monoisotopic (exact) mass is 558 g/mol. The summed E-state index contributed by atoms with van der Waals surface area (Å²) in [6, 6.07) is 17.3. The highest BCUT2D eigenvalue weighted by atomic mass is 127. The fraction of sp³-hybridized carbons (Fsp3) is 0.381. The van der Waals surface area contributed by atoms with E-state index in [0.29, 0.717) is 12.6 Å². The highest BCUT2D eigenvalue weighted by Crippen LogP contribution is 2.22. The third kappa shape index (κ3) is 6.63. The molecule has 28 heavy (non-hydrogen) atoms. The van der Waals surface area contributed by atoms with Crippen molar-refractivity contribution in [2.45, 2.75) is 25.6 Å². The van der Waals surface area contributed by atoms with Gasteiger partial charge in [0.05, 0.1) is 6.61 Å². The Balaban J connectivity index is 0.00000280. The van der Waals surface area contributed by atoms with Crippen molar-refractivity contribution in [3.8, 4) is 0 Å². The van der Waals surface area contributed by atoms with Gasteiger partial charge in [0.25, 0.3) is 0 Å². The standard InChI is InChI=1S/C21H27BrN4O.HI/c1-23-21(24-13-16-3-5-17(6-4-16)15-27-2)25-19-11-12-26(14-19)20-9-7-18(22)8-10-20;/h3-10,19H,11-15H2,1-2H3,(H2,23,24,25);1H. The van der Waals surface area contributed by atoms with E-state index in [-0.39, 0.29) is 24.0 Å². The topological polar surface area (TPSA) is 48.9 Å². The van der Waals surface area contributed by atoms with E-state index in [1.54, 1.807) is 7.11 Å². The van der Waals surface area contributed by atoms with Gasteiger partial charge in [-0.05, 0) is 41.8 Å². The Kier molecular flexibility index (Phi) is 9.53. The summed E-state index contributed by atoms with van der Waals surface area (Å²) < 4.78 is 6.26. The molecule has 2 N–H and O–H groups in total. The van der Waals surface area contributed by atoms with Gasteiger partial charge in [-0.1, -0.05) is 40.2 Å². The van der Waals surface area contributed by atoms with Crippen molar-refractivity contribution in [1.82, 2.24) is 10.6 Å². The molecule has 0 radical (unpaired) electrons. The van der Waals surface area contributed by atoms with Crippen LogP contribution >= 0.6 is 39.9 Å². The predicted molar refractivity (Wildman–Crippen MR) is 131 cm³/mol. The predicted octanol–water partition coefficient (Wildman–Crippen LogP) is 4.16. The van der Waals surface area contributed by atoms with Gasteiger partial charge in [0.2, 0.25) is 0 Å². The van der Waals surface area contributed by atoms with Crippen LogP contribution in [0.15, 0.2) is 58.0 Å². The minimum absolute atomic E-state index is 0. The van der Waals surface area contributed by atoms with E-state index in [1.165, 1.54) is 16.8 Å². The lowest BCUT2D eigenvalue weighted by molar-refractivity contribution is 0.185. The second kappa shape index (κ2) is 11.6. The Morgan fingerprint density at radius 3 is 2.46 bits per heavy atom. The fourth-order valence-corrected chi connectivity index (χ4v) is 3.52. The summed E-state index contributed by atoms with van der Waals surface area (Å²) in [7, 11) is 3.53. The third-order valence-corrected chi connectivity index (χ3v) is 5.27. The number of nitrogens with zero attached hydrogens (tertiary/aromatic N) is 2. The molecule has 2 aromatic rings. The molecule has 0 spiro atoms. The van der Waals surface area contributed by atoms with Gasteiger partial charge in [0, 0.05) is 50.0 Å². The summed E-state index contributed by atoms with van der Waals surface area (Å²) in [6.45, 7) is 3.43. The second-order valence-corrected chi connectivity index (χ2v) is 7.64. The van der Waals surface area contributed by atoms with E-state index < -0.39 is 0 Å². The first-order valence-corrected chi connectivity index (χ1v) is 10.0. The second-order valence-electron chi connectivity index (χ2n) is 6.73.